The minimum atomic E-state index is -3.28. The van der Waals surface area contributed by atoms with Crippen molar-refractivity contribution < 1.29 is 17.6 Å². The number of fused-ring (bicyclic) bond motifs is 2. The molecule has 0 spiro atoms. The van der Waals surface area contributed by atoms with Crippen LogP contribution in [-0.2, 0) is 9.84 Å². The van der Waals surface area contributed by atoms with Gasteiger partial charge in [0.1, 0.15) is 11.5 Å². The molecule has 7 nitrogen and oxygen atoms in total. The van der Waals surface area contributed by atoms with Crippen molar-refractivity contribution in [2.45, 2.75) is 11.3 Å². The van der Waals surface area contributed by atoms with Gasteiger partial charge in [0.15, 0.2) is 15.3 Å². The topological polar surface area (TPSA) is 90.6 Å². The van der Waals surface area contributed by atoms with Gasteiger partial charge in [-0.2, -0.15) is 0 Å². The third-order valence-corrected chi connectivity index (χ3v) is 7.89. The number of rotatable bonds is 2. The van der Waals surface area contributed by atoms with E-state index >= 15 is 0 Å². The number of carbonyl (C=O) groups excluding carboxylic acids is 1. The van der Waals surface area contributed by atoms with E-state index < -0.39 is 32.2 Å². The van der Waals surface area contributed by atoms with Crippen molar-refractivity contribution in [2.75, 3.05) is 32.9 Å². The van der Waals surface area contributed by atoms with E-state index in [1.54, 1.807) is 0 Å². The molecule has 2 saturated heterocycles. The molecule has 0 radical (unpaired) electrons. The number of nitrogens with one attached hydrogen (secondary N) is 1. The Labute approximate surface area is 155 Å². The Morgan fingerprint density at radius 2 is 2.04 bits per heavy atom. The van der Waals surface area contributed by atoms with Crippen LogP contribution in [0.5, 0.6) is 0 Å². The number of hydrogen-bond acceptors (Lipinski definition) is 5. The molecule has 1 aromatic carbocycles. The number of likely N-dealkylation sites (tertiary alicyclic amines) is 1. The van der Waals surface area contributed by atoms with Crippen LogP contribution in [0.1, 0.15) is 10.5 Å². The molecule has 144 valence electrons. The Hall–Kier alpha value is -2.26. The Bertz CT molecular complexity index is 1100. The quantitative estimate of drug-likeness (QED) is 0.801. The summed E-state index contributed by atoms with van der Waals surface area (Å²) in [7, 11) is 0.376. The fourth-order valence-corrected chi connectivity index (χ4v) is 6.73. The van der Waals surface area contributed by atoms with E-state index in [1.165, 1.54) is 23.1 Å². The summed E-state index contributed by atoms with van der Waals surface area (Å²) < 4.78 is 39.0. The molecule has 0 saturated carbocycles. The van der Waals surface area contributed by atoms with Gasteiger partial charge in [0, 0.05) is 36.5 Å². The lowest BCUT2D eigenvalue weighted by molar-refractivity contribution is 0.0774. The highest BCUT2D eigenvalue weighted by Gasteiger charge is 2.53. The van der Waals surface area contributed by atoms with Crippen LogP contribution in [0.25, 0.3) is 10.9 Å². The third kappa shape index (κ3) is 2.85. The number of nitrogens with zero attached hydrogens (tertiary/aromatic N) is 2. The van der Waals surface area contributed by atoms with Crippen molar-refractivity contribution in [1.82, 2.24) is 14.8 Å². The van der Waals surface area contributed by atoms with Crippen LogP contribution in [-0.4, -0.2) is 73.3 Å². The van der Waals surface area contributed by atoms with Crippen LogP contribution in [0.4, 0.5) is 4.39 Å². The molecule has 2 aliphatic heterocycles. The normalized spacial score (nSPS) is 26.7. The Balaban J connectivity index is 1.68. The molecule has 0 unspecified atom stereocenters. The Kier molecular flexibility index (Phi) is 4.12. The second-order valence-electron chi connectivity index (χ2n) is 7.48. The molecule has 2 fully saturated rings. The van der Waals surface area contributed by atoms with E-state index in [9.17, 15) is 22.4 Å². The van der Waals surface area contributed by atoms with Crippen molar-refractivity contribution in [1.29, 1.82) is 0 Å². The lowest BCUT2D eigenvalue weighted by Crippen LogP contribution is -2.39. The zero-order valence-corrected chi connectivity index (χ0v) is 15.8. The van der Waals surface area contributed by atoms with Crippen molar-refractivity contribution in [2.24, 2.45) is 5.92 Å². The predicted octanol–water partition coefficient (Wildman–Crippen LogP) is 0.466. The second kappa shape index (κ2) is 6.13. The van der Waals surface area contributed by atoms with E-state index in [0.29, 0.717) is 6.54 Å². The molecule has 3 atom stereocenters. The van der Waals surface area contributed by atoms with Crippen LogP contribution in [0.3, 0.4) is 0 Å². The summed E-state index contributed by atoms with van der Waals surface area (Å²) in [5, 5.41) is -0.433. The summed E-state index contributed by atoms with van der Waals surface area (Å²) >= 11 is 0. The average molecular weight is 393 g/mol. The van der Waals surface area contributed by atoms with Gasteiger partial charge in [-0.25, -0.2) is 12.8 Å². The summed E-state index contributed by atoms with van der Waals surface area (Å²) in [5.41, 5.74) is -0.507. The minimum Gasteiger partial charge on any atom is -0.348 e. The first-order valence-electron chi connectivity index (χ1n) is 8.68. The highest BCUT2D eigenvalue weighted by Crippen LogP contribution is 2.36. The van der Waals surface area contributed by atoms with Gasteiger partial charge in [0.05, 0.1) is 16.5 Å². The van der Waals surface area contributed by atoms with Gasteiger partial charge in [-0.1, -0.05) is 6.07 Å². The lowest BCUT2D eigenvalue weighted by atomic mass is 10.00. The first-order valence-corrected chi connectivity index (χ1v) is 10.4. The molecule has 27 heavy (non-hydrogen) atoms. The molecule has 3 heterocycles. The molecule has 9 heteroatoms. The maximum absolute atomic E-state index is 14.0. The van der Waals surface area contributed by atoms with Gasteiger partial charge in [-0.3, -0.25) is 9.59 Å². The van der Waals surface area contributed by atoms with Crippen molar-refractivity contribution in [3.05, 3.63) is 46.0 Å². The van der Waals surface area contributed by atoms with Crippen LogP contribution in [0.2, 0.25) is 0 Å². The van der Waals surface area contributed by atoms with Crippen molar-refractivity contribution in [3.63, 3.8) is 0 Å². The van der Waals surface area contributed by atoms with Crippen molar-refractivity contribution in [3.8, 4) is 0 Å². The molecule has 1 aromatic heterocycles. The summed E-state index contributed by atoms with van der Waals surface area (Å²) in [6.07, 6.45) is 0. The molecule has 2 aliphatic rings. The fourth-order valence-electron chi connectivity index (χ4n) is 4.25. The van der Waals surface area contributed by atoms with E-state index in [0.717, 1.165) is 6.07 Å². The Morgan fingerprint density at radius 1 is 1.30 bits per heavy atom. The first kappa shape index (κ1) is 18.1. The van der Waals surface area contributed by atoms with Gasteiger partial charge >= 0.3 is 0 Å². The summed E-state index contributed by atoms with van der Waals surface area (Å²) in [4.78, 5) is 31.2. The maximum Gasteiger partial charge on any atom is 0.270 e. The van der Waals surface area contributed by atoms with E-state index in [1.807, 2.05) is 19.0 Å². The molecule has 2 aromatic rings. The monoisotopic (exact) mass is 393 g/mol. The summed E-state index contributed by atoms with van der Waals surface area (Å²) in [6, 6.07) is 5.13. The lowest BCUT2D eigenvalue weighted by Gasteiger charge is -2.25. The highest BCUT2D eigenvalue weighted by atomic mass is 32.2. The van der Waals surface area contributed by atoms with Crippen LogP contribution < -0.4 is 5.43 Å². The van der Waals surface area contributed by atoms with Gasteiger partial charge in [0.2, 0.25) is 0 Å². The molecule has 0 aliphatic carbocycles. The van der Waals surface area contributed by atoms with Gasteiger partial charge in [-0.15, -0.1) is 0 Å². The van der Waals surface area contributed by atoms with Gasteiger partial charge in [-0.05, 0) is 26.2 Å². The largest absolute Gasteiger partial charge is 0.348 e. The summed E-state index contributed by atoms with van der Waals surface area (Å²) in [5.74, 6) is -1.18. The minimum absolute atomic E-state index is 0.0217. The zero-order chi connectivity index (χ0) is 19.5. The average Bonchev–Trinajstić information content (AvgIpc) is 3.14. The number of halogens is 1. The van der Waals surface area contributed by atoms with E-state index in [-0.39, 0.29) is 40.9 Å². The number of aromatic amines is 1. The molecule has 1 amide bonds. The number of carbonyl (C=O) groups is 1. The number of amides is 1. The molecule has 0 bridgehead atoms. The smallest absolute Gasteiger partial charge is 0.270 e. The molecular weight excluding hydrogens is 373 g/mol. The number of sulfone groups is 1. The number of pyridine rings is 1. The predicted molar refractivity (Wildman–Crippen MR) is 99.0 cm³/mol. The van der Waals surface area contributed by atoms with Crippen LogP contribution in [0, 0.1) is 11.7 Å². The third-order valence-electron chi connectivity index (χ3n) is 5.66. The first-order chi connectivity index (χ1) is 12.7. The Morgan fingerprint density at radius 3 is 2.74 bits per heavy atom. The number of hydrogen-bond donors (Lipinski definition) is 1. The highest BCUT2D eigenvalue weighted by molar-refractivity contribution is 7.92. The van der Waals surface area contributed by atoms with Gasteiger partial charge < -0.3 is 14.8 Å². The maximum atomic E-state index is 14.0. The number of benzene rings is 1. The fraction of sp³-hybridized carbons (Fsp3) is 0.444. The summed E-state index contributed by atoms with van der Waals surface area (Å²) in [6.45, 7) is 0.385. The molecule has 4 rings (SSSR count). The number of H-pyrrole nitrogens is 1. The number of para-hydroxylation sites is 1. The molecular formula is C18H20FN3O4S. The van der Waals surface area contributed by atoms with Crippen LogP contribution >= 0.6 is 0 Å². The molecule has 1 N–H and O–H groups in total. The standard InChI is InChI=1S/C18H20FN3O4S/c1-21(2)14-9-27(25,26)16-8-22(7-11(14)16)18(24)13-6-15(23)10-4-3-5-12(19)17(10)20-13/h3-6,11,14,16H,7-9H2,1-2H3,(H,20,23)/t11-,14+,16-/m0/s1. The van der Waals surface area contributed by atoms with Crippen LogP contribution in [0.15, 0.2) is 29.1 Å². The van der Waals surface area contributed by atoms with Gasteiger partial charge in [0.25, 0.3) is 5.91 Å². The van der Waals surface area contributed by atoms with E-state index in [2.05, 4.69) is 4.98 Å². The number of aromatic nitrogens is 1. The van der Waals surface area contributed by atoms with Crippen molar-refractivity contribution >= 4 is 26.6 Å². The SMILES string of the molecule is CN(C)[C@@H]1CS(=O)(=O)[C@H]2CN(C(=O)c3cc(=O)c4cccc(F)c4[nH]3)C[C@@H]12. The zero-order valence-electron chi connectivity index (χ0n) is 15.0. The van der Waals surface area contributed by atoms with E-state index in [4.69, 9.17) is 0 Å². The second-order valence-corrected chi connectivity index (χ2v) is 9.75.